The lowest BCUT2D eigenvalue weighted by atomic mass is 10.2. The lowest BCUT2D eigenvalue weighted by Gasteiger charge is -2.29. The maximum Gasteiger partial charge on any atom is 0.387 e. The van der Waals surface area contributed by atoms with Crippen LogP contribution in [0.5, 0.6) is 5.75 Å². The Kier molecular flexibility index (Phi) is 5.39. The number of pyridine rings is 1. The van der Waals surface area contributed by atoms with Crippen LogP contribution in [0.1, 0.15) is 10.4 Å². The molecule has 6 nitrogen and oxygen atoms in total. The van der Waals surface area contributed by atoms with Crippen LogP contribution in [0, 0.1) is 0 Å². The lowest BCUT2D eigenvalue weighted by Crippen LogP contribution is -2.43. The zero-order valence-electron chi connectivity index (χ0n) is 13.4. The molecule has 0 aliphatic carbocycles. The molecule has 0 bridgehead atoms. The number of piperazine rings is 1. The Balaban J connectivity index is 1.64. The third-order valence-electron chi connectivity index (χ3n) is 3.79. The molecule has 0 spiro atoms. The molecule has 8 heteroatoms. The Bertz CT molecular complexity index is 719. The van der Waals surface area contributed by atoms with E-state index in [-0.39, 0.29) is 11.3 Å². The van der Waals surface area contributed by atoms with Gasteiger partial charge in [0, 0.05) is 31.7 Å². The van der Waals surface area contributed by atoms with E-state index in [0.717, 1.165) is 31.9 Å². The number of carbonyl (C=O) groups is 1. The van der Waals surface area contributed by atoms with E-state index in [4.69, 9.17) is 0 Å². The van der Waals surface area contributed by atoms with Gasteiger partial charge in [-0.3, -0.25) is 4.79 Å². The number of anilines is 2. The number of amides is 1. The third kappa shape index (κ3) is 4.63. The van der Waals surface area contributed by atoms with Crippen LogP contribution < -0.4 is 20.3 Å². The fourth-order valence-electron chi connectivity index (χ4n) is 2.57. The van der Waals surface area contributed by atoms with Crippen molar-refractivity contribution in [1.29, 1.82) is 0 Å². The summed E-state index contributed by atoms with van der Waals surface area (Å²) in [6.45, 7) is 0.733. The number of halogens is 2. The maximum absolute atomic E-state index is 12.3. The van der Waals surface area contributed by atoms with Gasteiger partial charge >= 0.3 is 6.61 Å². The summed E-state index contributed by atoms with van der Waals surface area (Å²) in [4.78, 5) is 18.7. The van der Waals surface area contributed by atoms with Crippen molar-refractivity contribution in [2.24, 2.45) is 0 Å². The van der Waals surface area contributed by atoms with Gasteiger partial charge in [-0.1, -0.05) is 6.07 Å². The van der Waals surface area contributed by atoms with Crippen LogP contribution in [0.15, 0.2) is 42.6 Å². The second kappa shape index (κ2) is 7.89. The summed E-state index contributed by atoms with van der Waals surface area (Å²) in [7, 11) is 0. The minimum Gasteiger partial charge on any atom is -0.435 e. The van der Waals surface area contributed by atoms with Crippen LogP contribution in [-0.4, -0.2) is 43.7 Å². The minimum atomic E-state index is -2.93. The molecule has 3 rings (SSSR count). The van der Waals surface area contributed by atoms with E-state index >= 15 is 0 Å². The molecule has 1 fully saturated rings. The molecule has 2 heterocycles. The monoisotopic (exact) mass is 348 g/mol. The highest BCUT2D eigenvalue weighted by Gasteiger charge is 2.12. The fourth-order valence-corrected chi connectivity index (χ4v) is 2.57. The Hall–Kier alpha value is -2.74. The summed E-state index contributed by atoms with van der Waals surface area (Å²) in [5, 5.41) is 5.93. The summed E-state index contributed by atoms with van der Waals surface area (Å²) >= 11 is 0. The third-order valence-corrected chi connectivity index (χ3v) is 3.79. The molecule has 1 amide bonds. The minimum absolute atomic E-state index is 0.0651. The normalized spacial score (nSPS) is 14.4. The number of aromatic nitrogens is 1. The zero-order chi connectivity index (χ0) is 17.6. The lowest BCUT2D eigenvalue weighted by molar-refractivity contribution is -0.0498. The second-order valence-corrected chi connectivity index (χ2v) is 5.50. The van der Waals surface area contributed by atoms with E-state index in [9.17, 15) is 13.6 Å². The number of alkyl halides is 2. The summed E-state index contributed by atoms with van der Waals surface area (Å²) in [5.74, 6) is -0.115. The summed E-state index contributed by atoms with van der Waals surface area (Å²) in [6.07, 6.45) is 1.71. The molecule has 1 aliphatic rings. The number of hydrogen-bond donors (Lipinski definition) is 2. The predicted molar refractivity (Wildman–Crippen MR) is 90.3 cm³/mol. The van der Waals surface area contributed by atoms with E-state index in [1.807, 2.05) is 6.07 Å². The summed E-state index contributed by atoms with van der Waals surface area (Å²) < 4.78 is 28.8. The number of carbonyl (C=O) groups excluding carboxylic acids is 1. The Labute approximate surface area is 143 Å². The van der Waals surface area contributed by atoms with Gasteiger partial charge in [0.05, 0.1) is 11.9 Å². The van der Waals surface area contributed by atoms with Crippen LogP contribution in [0.2, 0.25) is 0 Å². The Morgan fingerprint density at radius 1 is 1.24 bits per heavy atom. The van der Waals surface area contributed by atoms with Gasteiger partial charge in [0.2, 0.25) is 0 Å². The van der Waals surface area contributed by atoms with Gasteiger partial charge in [-0.2, -0.15) is 8.78 Å². The average molecular weight is 348 g/mol. The second-order valence-electron chi connectivity index (χ2n) is 5.50. The molecule has 1 aliphatic heterocycles. The van der Waals surface area contributed by atoms with Crippen LogP contribution in [0.4, 0.5) is 20.3 Å². The van der Waals surface area contributed by atoms with E-state index in [1.54, 1.807) is 12.3 Å². The molecule has 132 valence electrons. The molecule has 0 atom stereocenters. The van der Waals surface area contributed by atoms with E-state index in [2.05, 4.69) is 25.3 Å². The average Bonchev–Trinajstić information content (AvgIpc) is 2.63. The van der Waals surface area contributed by atoms with Gasteiger partial charge in [0.1, 0.15) is 11.6 Å². The molecule has 2 N–H and O–H groups in total. The first-order valence-corrected chi connectivity index (χ1v) is 7.90. The smallest absolute Gasteiger partial charge is 0.387 e. The van der Waals surface area contributed by atoms with Crippen molar-refractivity contribution >= 4 is 17.4 Å². The highest BCUT2D eigenvalue weighted by molar-refractivity contribution is 6.04. The van der Waals surface area contributed by atoms with Crippen molar-refractivity contribution in [3.05, 3.63) is 48.2 Å². The van der Waals surface area contributed by atoms with Crippen molar-refractivity contribution in [2.75, 3.05) is 36.4 Å². The van der Waals surface area contributed by atoms with Crippen LogP contribution in [0.25, 0.3) is 0 Å². The number of nitrogens with zero attached hydrogens (tertiary/aromatic N) is 2. The van der Waals surface area contributed by atoms with Crippen molar-refractivity contribution < 1.29 is 18.3 Å². The maximum atomic E-state index is 12.3. The summed E-state index contributed by atoms with van der Waals surface area (Å²) in [5.41, 5.74) is 1.21. The first-order chi connectivity index (χ1) is 12.1. The number of benzene rings is 1. The largest absolute Gasteiger partial charge is 0.435 e. The SMILES string of the molecule is O=C(Nc1ccc(N2CCNCC2)cn1)c1cccc(OC(F)F)c1. The van der Waals surface area contributed by atoms with Crippen LogP contribution in [0.3, 0.4) is 0 Å². The highest BCUT2D eigenvalue weighted by atomic mass is 19.3. The number of rotatable bonds is 5. The molecular weight excluding hydrogens is 330 g/mol. The molecule has 0 saturated carbocycles. The first-order valence-electron chi connectivity index (χ1n) is 7.90. The summed E-state index contributed by atoms with van der Waals surface area (Å²) in [6, 6.07) is 9.23. The fraction of sp³-hybridized carbons (Fsp3) is 0.294. The highest BCUT2D eigenvalue weighted by Crippen LogP contribution is 2.18. The topological polar surface area (TPSA) is 66.5 Å². The van der Waals surface area contributed by atoms with Gasteiger partial charge in [-0.05, 0) is 30.3 Å². The van der Waals surface area contributed by atoms with E-state index in [0.29, 0.717) is 5.82 Å². The van der Waals surface area contributed by atoms with Crippen molar-refractivity contribution in [2.45, 2.75) is 6.61 Å². The van der Waals surface area contributed by atoms with Gasteiger partial charge < -0.3 is 20.3 Å². The van der Waals surface area contributed by atoms with Gasteiger partial charge in [0.15, 0.2) is 0 Å². The molecule has 1 aromatic heterocycles. The van der Waals surface area contributed by atoms with E-state index in [1.165, 1.54) is 24.3 Å². The number of nitrogens with one attached hydrogen (secondary N) is 2. The molecule has 1 saturated heterocycles. The molecule has 0 unspecified atom stereocenters. The first kappa shape index (κ1) is 17.1. The van der Waals surface area contributed by atoms with Gasteiger partial charge in [-0.15, -0.1) is 0 Å². The zero-order valence-corrected chi connectivity index (χ0v) is 13.4. The molecule has 0 radical (unpaired) electrons. The van der Waals surface area contributed by atoms with Crippen LogP contribution in [-0.2, 0) is 0 Å². The van der Waals surface area contributed by atoms with Crippen molar-refractivity contribution in [3.63, 3.8) is 0 Å². The molecular formula is C17H18F2N4O2. The Morgan fingerprint density at radius 3 is 2.72 bits per heavy atom. The van der Waals surface area contributed by atoms with Gasteiger partial charge in [-0.25, -0.2) is 4.98 Å². The van der Waals surface area contributed by atoms with Crippen molar-refractivity contribution in [3.8, 4) is 5.75 Å². The molecule has 25 heavy (non-hydrogen) atoms. The molecule has 2 aromatic rings. The number of hydrogen-bond acceptors (Lipinski definition) is 5. The Morgan fingerprint density at radius 2 is 2.04 bits per heavy atom. The van der Waals surface area contributed by atoms with E-state index < -0.39 is 12.5 Å². The standard InChI is InChI=1S/C17H18F2N4O2/c18-17(19)25-14-3-1-2-12(10-14)16(24)22-15-5-4-13(11-21-15)23-8-6-20-7-9-23/h1-5,10-11,17,20H,6-9H2,(H,21,22,24). The molecule has 1 aromatic carbocycles. The number of ether oxygens (including phenoxy) is 1. The quantitative estimate of drug-likeness (QED) is 0.868. The van der Waals surface area contributed by atoms with Crippen molar-refractivity contribution in [1.82, 2.24) is 10.3 Å². The van der Waals surface area contributed by atoms with Crippen LogP contribution >= 0.6 is 0 Å². The predicted octanol–water partition coefficient (Wildman–Crippen LogP) is 2.34. The van der Waals surface area contributed by atoms with Gasteiger partial charge in [0.25, 0.3) is 5.91 Å².